The van der Waals surface area contributed by atoms with Gasteiger partial charge in [-0.2, -0.15) is 4.98 Å². The number of pyridine rings is 1. The van der Waals surface area contributed by atoms with Crippen LogP contribution in [0.25, 0.3) is 11.4 Å². The second-order valence-corrected chi connectivity index (χ2v) is 7.56. The molecular formula is C22H24N4O3. The molecule has 0 amide bonds. The highest BCUT2D eigenvalue weighted by atomic mass is 16.7. The first kappa shape index (κ1) is 18.1. The molecule has 0 bridgehead atoms. The highest BCUT2D eigenvalue weighted by Gasteiger charge is 2.25. The van der Waals surface area contributed by atoms with Crippen LogP contribution in [0.3, 0.4) is 0 Å². The minimum Gasteiger partial charge on any atom is -0.454 e. The number of hydrogen-bond donors (Lipinski definition) is 0. The average molecular weight is 392 g/mol. The van der Waals surface area contributed by atoms with Gasteiger partial charge in [0.1, 0.15) is 0 Å². The quantitative estimate of drug-likeness (QED) is 0.631. The number of benzene rings is 1. The molecule has 0 radical (unpaired) electrons. The van der Waals surface area contributed by atoms with E-state index in [9.17, 15) is 0 Å². The smallest absolute Gasteiger partial charge is 0.241 e. The summed E-state index contributed by atoms with van der Waals surface area (Å²) < 4.78 is 16.4. The van der Waals surface area contributed by atoms with Gasteiger partial charge in [0.2, 0.25) is 18.5 Å². The van der Waals surface area contributed by atoms with E-state index in [0.717, 1.165) is 42.1 Å². The number of likely N-dealkylation sites (tertiary alicyclic amines) is 1. The van der Waals surface area contributed by atoms with E-state index in [1.54, 1.807) is 0 Å². The Balaban J connectivity index is 1.25. The van der Waals surface area contributed by atoms with Crippen molar-refractivity contribution in [2.24, 2.45) is 0 Å². The van der Waals surface area contributed by atoms with E-state index in [0.29, 0.717) is 24.3 Å². The molecule has 1 aromatic carbocycles. The Labute approximate surface area is 169 Å². The summed E-state index contributed by atoms with van der Waals surface area (Å²) in [7, 11) is 0. The van der Waals surface area contributed by atoms with Crippen LogP contribution in [0.5, 0.6) is 11.5 Å². The fraction of sp³-hybridized carbons (Fsp3) is 0.409. The fourth-order valence-corrected chi connectivity index (χ4v) is 4.10. The Morgan fingerprint density at radius 2 is 2.03 bits per heavy atom. The molecule has 150 valence electrons. The van der Waals surface area contributed by atoms with Crippen LogP contribution in [0.2, 0.25) is 0 Å². The lowest BCUT2D eigenvalue weighted by Crippen LogP contribution is -2.39. The minimum atomic E-state index is 0.255. The summed E-state index contributed by atoms with van der Waals surface area (Å²) in [6.07, 6.45) is 7.65. The number of aromatic nitrogens is 3. The van der Waals surface area contributed by atoms with E-state index in [2.05, 4.69) is 32.2 Å². The topological polar surface area (TPSA) is 73.5 Å². The lowest BCUT2D eigenvalue weighted by Gasteiger charge is -2.34. The number of fused-ring (bicyclic) bond motifs is 1. The number of rotatable bonds is 6. The molecule has 0 saturated carbocycles. The van der Waals surface area contributed by atoms with E-state index in [4.69, 9.17) is 14.0 Å². The van der Waals surface area contributed by atoms with Gasteiger partial charge in [0, 0.05) is 23.5 Å². The Kier molecular flexibility index (Phi) is 5.13. The molecule has 1 fully saturated rings. The van der Waals surface area contributed by atoms with Gasteiger partial charge in [-0.25, -0.2) is 0 Å². The summed E-state index contributed by atoms with van der Waals surface area (Å²) >= 11 is 0. The Morgan fingerprint density at radius 3 is 2.97 bits per heavy atom. The first-order valence-corrected chi connectivity index (χ1v) is 10.2. The normalized spacial score (nSPS) is 18.8. The second kappa shape index (κ2) is 8.21. The van der Waals surface area contributed by atoms with E-state index in [1.165, 1.54) is 19.3 Å². The monoisotopic (exact) mass is 392 g/mol. The molecule has 0 N–H and O–H groups in total. The van der Waals surface area contributed by atoms with Crippen molar-refractivity contribution >= 4 is 0 Å². The van der Waals surface area contributed by atoms with Crippen molar-refractivity contribution in [3.05, 3.63) is 54.2 Å². The summed E-state index contributed by atoms with van der Waals surface area (Å²) in [6.45, 7) is 2.00. The highest BCUT2D eigenvalue weighted by molar-refractivity contribution is 5.61. The van der Waals surface area contributed by atoms with Crippen LogP contribution < -0.4 is 9.47 Å². The summed E-state index contributed by atoms with van der Waals surface area (Å²) in [5.41, 5.74) is 2.02. The molecule has 7 heteroatoms. The maximum absolute atomic E-state index is 5.57. The second-order valence-electron chi connectivity index (χ2n) is 7.56. The lowest BCUT2D eigenvalue weighted by atomic mass is 9.97. The van der Waals surface area contributed by atoms with Crippen LogP contribution >= 0.6 is 0 Å². The average Bonchev–Trinajstić information content (AvgIpc) is 3.43. The van der Waals surface area contributed by atoms with Crippen molar-refractivity contribution in [3.63, 3.8) is 0 Å². The Hall–Kier alpha value is -2.93. The molecule has 0 aliphatic carbocycles. The summed E-state index contributed by atoms with van der Waals surface area (Å²) in [4.78, 5) is 11.6. The van der Waals surface area contributed by atoms with Crippen LogP contribution in [0, 0.1) is 0 Å². The number of hydrogen-bond acceptors (Lipinski definition) is 7. The largest absolute Gasteiger partial charge is 0.454 e. The molecule has 2 aliphatic heterocycles. The molecule has 0 spiro atoms. The Bertz CT molecular complexity index is 960. The maximum atomic E-state index is 5.57. The molecule has 5 rings (SSSR count). The number of ether oxygens (including phenoxy) is 2. The number of aryl methyl sites for hydroxylation is 1. The first-order valence-electron chi connectivity index (χ1n) is 10.2. The van der Waals surface area contributed by atoms with E-state index < -0.39 is 0 Å². The van der Waals surface area contributed by atoms with Gasteiger partial charge in [-0.15, -0.1) is 0 Å². The third-order valence-electron chi connectivity index (χ3n) is 5.65. The number of nitrogens with zero attached hydrogens (tertiary/aromatic N) is 4. The van der Waals surface area contributed by atoms with Crippen molar-refractivity contribution < 1.29 is 14.0 Å². The third kappa shape index (κ3) is 4.10. The van der Waals surface area contributed by atoms with Crippen LogP contribution in [0.15, 0.2) is 47.1 Å². The van der Waals surface area contributed by atoms with Gasteiger partial charge in [0.15, 0.2) is 11.5 Å². The molecule has 29 heavy (non-hydrogen) atoms. The summed E-state index contributed by atoms with van der Waals surface area (Å²) in [5, 5.41) is 4.18. The van der Waals surface area contributed by atoms with Crippen LogP contribution in [-0.4, -0.2) is 39.4 Å². The fourth-order valence-electron chi connectivity index (χ4n) is 4.10. The molecule has 2 aliphatic rings. The SMILES string of the molecule is c1ccc(CC[C@@H]2CCCCN2Cc2nc(-c3ccc4c(c3)OCO4)no2)nc1. The molecule has 7 nitrogen and oxygen atoms in total. The zero-order valence-corrected chi connectivity index (χ0v) is 16.3. The van der Waals surface area contributed by atoms with Crippen LogP contribution in [0.4, 0.5) is 0 Å². The Morgan fingerprint density at radius 1 is 1.07 bits per heavy atom. The third-order valence-corrected chi connectivity index (χ3v) is 5.65. The van der Waals surface area contributed by atoms with Gasteiger partial charge in [-0.1, -0.05) is 17.6 Å². The van der Waals surface area contributed by atoms with Crippen molar-refractivity contribution in [3.8, 4) is 22.9 Å². The van der Waals surface area contributed by atoms with Crippen molar-refractivity contribution in [1.29, 1.82) is 0 Å². The van der Waals surface area contributed by atoms with Gasteiger partial charge < -0.3 is 14.0 Å². The molecule has 3 aromatic rings. The zero-order chi connectivity index (χ0) is 19.5. The minimum absolute atomic E-state index is 0.255. The van der Waals surface area contributed by atoms with Gasteiger partial charge in [0.25, 0.3) is 0 Å². The molecule has 0 unspecified atom stereocenters. The summed E-state index contributed by atoms with van der Waals surface area (Å²) in [6, 6.07) is 12.3. The van der Waals surface area contributed by atoms with E-state index in [1.807, 2.05) is 30.5 Å². The summed E-state index contributed by atoms with van der Waals surface area (Å²) in [5.74, 6) is 2.71. The molecule has 1 atom stereocenters. The van der Waals surface area contributed by atoms with E-state index in [-0.39, 0.29) is 6.79 Å². The van der Waals surface area contributed by atoms with Crippen molar-refractivity contribution in [2.75, 3.05) is 13.3 Å². The molecule has 1 saturated heterocycles. The van der Waals surface area contributed by atoms with Crippen molar-refractivity contribution in [1.82, 2.24) is 20.0 Å². The van der Waals surface area contributed by atoms with E-state index >= 15 is 0 Å². The number of piperidine rings is 1. The lowest BCUT2D eigenvalue weighted by molar-refractivity contribution is 0.117. The van der Waals surface area contributed by atoms with Gasteiger partial charge in [-0.05, 0) is 62.6 Å². The van der Waals surface area contributed by atoms with Gasteiger partial charge >= 0.3 is 0 Å². The van der Waals surface area contributed by atoms with Crippen molar-refractivity contribution in [2.45, 2.75) is 44.7 Å². The molecule has 2 aromatic heterocycles. The standard InChI is InChI=1S/C22H24N4O3/c1-3-11-23-17(5-1)8-9-18-6-2-4-12-26(18)14-21-24-22(25-29-21)16-7-10-19-20(13-16)28-15-27-19/h1,3,5,7,10-11,13,18H,2,4,6,8-9,12,14-15H2/t18-/m0/s1. The molecular weight excluding hydrogens is 368 g/mol. The van der Waals surface area contributed by atoms with Gasteiger partial charge in [0.05, 0.1) is 6.54 Å². The maximum Gasteiger partial charge on any atom is 0.241 e. The van der Waals surface area contributed by atoms with Crippen LogP contribution in [0.1, 0.15) is 37.3 Å². The zero-order valence-electron chi connectivity index (χ0n) is 16.3. The first-order chi connectivity index (χ1) is 14.3. The predicted molar refractivity (Wildman–Crippen MR) is 106 cm³/mol. The molecule has 4 heterocycles. The van der Waals surface area contributed by atoms with Crippen LogP contribution in [-0.2, 0) is 13.0 Å². The van der Waals surface area contributed by atoms with Gasteiger partial charge in [-0.3, -0.25) is 9.88 Å². The highest BCUT2D eigenvalue weighted by Crippen LogP contribution is 2.35. The predicted octanol–water partition coefficient (Wildman–Crippen LogP) is 3.85.